The fourth-order valence-corrected chi connectivity index (χ4v) is 2.23. The van der Waals surface area contributed by atoms with Crippen LogP contribution in [0.2, 0.25) is 0 Å². The van der Waals surface area contributed by atoms with E-state index in [1.165, 1.54) is 6.92 Å². The second-order valence-electron chi connectivity index (χ2n) is 5.86. The number of rotatable bonds is 9. The third-order valence-electron chi connectivity index (χ3n) is 3.37. The van der Waals surface area contributed by atoms with E-state index in [2.05, 4.69) is 24.5 Å². The molecule has 1 amide bonds. The summed E-state index contributed by atoms with van der Waals surface area (Å²) in [7, 11) is 1.76. The highest BCUT2D eigenvalue weighted by Gasteiger charge is 2.18. The molecule has 0 saturated carbocycles. The van der Waals surface area contributed by atoms with Crippen LogP contribution in [0.4, 0.5) is 5.69 Å². The number of amides is 1. The Morgan fingerprint density at radius 3 is 2.52 bits per heavy atom. The number of ketones is 1. The highest BCUT2D eigenvalue weighted by molar-refractivity contribution is 6.00. The molecule has 1 aromatic carbocycles. The van der Waals surface area contributed by atoms with Crippen molar-refractivity contribution in [3.05, 3.63) is 23.8 Å². The van der Waals surface area contributed by atoms with E-state index in [1.807, 2.05) is 0 Å². The van der Waals surface area contributed by atoms with E-state index in [4.69, 9.17) is 10.5 Å². The Hall–Kier alpha value is -1.92. The first-order valence-electron chi connectivity index (χ1n) is 7.85. The molecule has 0 aromatic heterocycles. The molecule has 1 atom stereocenters. The van der Waals surface area contributed by atoms with Gasteiger partial charge in [-0.3, -0.25) is 9.59 Å². The Labute approximate surface area is 137 Å². The number of anilines is 1. The van der Waals surface area contributed by atoms with Gasteiger partial charge in [0.1, 0.15) is 12.4 Å². The van der Waals surface area contributed by atoms with Gasteiger partial charge in [-0.05, 0) is 44.5 Å². The van der Waals surface area contributed by atoms with Gasteiger partial charge in [-0.1, -0.05) is 13.8 Å². The van der Waals surface area contributed by atoms with Crippen LogP contribution in [0.15, 0.2) is 18.2 Å². The van der Waals surface area contributed by atoms with Crippen LogP contribution in [0.25, 0.3) is 0 Å². The van der Waals surface area contributed by atoms with Gasteiger partial charge in [0, 0.05) is 12.2 Å². The summed E-state index contributed by atoms with van der Waals surface area (Å²) in [5.41, 5.74) is 6.42. The summed E-state index contributed by atoms with van der Waals surface area (Å²) in [5, 5.41) is 5.86. The van der Waals surface area contributed by atoms with Crippen LogP contribution in [0.3, 0.4) is 0 Å². The number of Topliss-reactive ketones (excluding diaryl/α,β-unsaturated/α-hetero) is 1. The molecule has 6 heteroatoms. The number of nitrogens with one attached hydrogen (secondary N) is 2. The highest BCUT2D eigenvalue weighted by atomic mass is 16.5. The lowest BCUT2D eigenvalue weighted by Crippen LogP contribution is -2.39. The second kappa shape index (κ2) is 9.27. The Morgan fingerprint density at radius 2 is 2.00 bits per heavy atom. The molecule has 0 aliphatic carbocycles. The van der Waals surface area contributed by atoms with Crippen LogP contribution in [0.1, 0.15) is 37.6 Å². The zero-order valence-corrected chi connectivity index (χ0v) is 14.3. The summed E-state index contributed by atoms with van der Waals surface area (Å²) in [6.07, 6.45) is 0.736. The monoisotopic (exact) mass is 321 g/mol. The van der Waals surface area contributed by atoms with Crippen LogP contribution >= 0.6 is 0 Å². The Kier molecular flexibility index (Phi) is 7.71. The molecule has 128 valence electrons. The summed E-state index contributed by atoms with van der Waals surface area (Å²) in [6.45, 7) is 6.30. The normalized spacial score (nSPS) is 12.1. The number of hydrogen-bond donors (Lipinski definition) is 3. The van der Waals surface area contributed by atoms with Crippen LogP contribution in [-0.2, 0) is 4.79 Å². The lowest BCUT2D eigenvalue weighted by Gasteiger charge is -2.18. The van der Waals surface area contributed by atoms with Gasteiger partial charge in [-0.2, -0.15) is 0 Å². The SMILES string of the molecule is CN[C@@H](CC(C)C)C(=O)Nc1ccc(OCCN)c(C(C)=O)c1. The van der Waals surface area contributed by atoms with E-state index in [9.17, 15) is 9.59 Å². The van der Waals surface area contributed by atoms with E-state index in [0.29, 0.717) is 36.1 Å². The maximum atomic E-state index is 12.3. The molecule has 23 heavy (non-hydrogen) atoms. The first-order valence-corrected chi connectivity index (χ1v) is 7.85. The largest absolute Gasteiger partial charge is 0.492 e. The van der Waals surface area contributed by atoms with E-state index >= 15 is 0 Å². The van der Waals surface area contributed by atoms with Crippen molar-refractivity contribution in [1.82, 2.24) is 5.32 Å². The summed E-state index contributed by atoms with van der Waals surface area (Å²) >= 11 is 0. The molecule has 0 aliphatic heterocycles. The number of ether oxygens (including phenoxy) is 1. The zero-order valence-electron chi connectivity index (χ0n) is 14.3. The van der Waals surface area contributed by atoms with Crippen molar-refractivity contribution in [3.8, 4) is 5.75 Å². The van der Waals surface area contributed by atoms with Crippen molar-refractivity contribution >= 4 is 17.4 Å². The van der Waals surface area contributed by atoms with Crippen LogP contribution in [-0.4, -0.2) is 37.9 Å². The first kappa shape index (κ1) is 19.1. The highest BCUT2D eigenvalue weighted by Crippen LogP contribution is 2.24. The van der Waals surface area contributed by atoms with E-state index in [-0.39, 0.29) is 17.7 Å². The molecule has 0 heterocycles. The minimum atomic E-state index is -0.274. The zero-order chi connectivity index (χ0) is 17.4. The summed E-state index contributed by atoms with van der Waals surface area (Å²) < 4.78 is 5.46. The quantitative estimate of drug-likeness (QED) is 0.603. The molecule has 0 radical (unpaired) electrons. The van der Waals surface area contributed by atoms with Gasteiger partial charge in [0.25, 0.3) is 0 Å². The molecule has 0 bridgehead atoms. The first-order chi connectivity index (χ1) is 10.9. The van der Waals surface area contributed by atoms with Crippen molar-refractivity contribution in [2.45, 2.75) is 33.2 Å². The van der Waals surface area contributed by atoms with Crippen LogP contribution < -0.4 is 21.1 Å². The van der Waals surface area contributed by atoms with Crippen molar-refractivity contribution in [1.29, 1.82) is 0 Å². The number of carbonyl (C=O) groups is 2. The predicted molar refractivity (Wildman–Crippen MR) is 91.9 cm³/mol. The maximum Gasteiger partial charge on any atom is 0.241 e. The average Bonchev–Trinajstić information content (AvgIpc) is 2.50. The molecule has 0 aliphatic rings. The lowest BCUT2D eigenvalue weighted by molar-refractivity contribution is -0.118. The molecular weight excluding hydrogens is 294 g/mol. The van der Waals surface area contributed by atoms with Gasteiger partial charge in [0.05, 0.1) is 11.6 Å². The molecule has 6 nitrogen and oxygen atoms in total. The summed E-state index contributed by atoms with van der Waals surface area (Å²) in [4.78, 5) is 24.1. The fraction of sp³-hybridized carbons (Fsp3) is 0.529. The van der Waals surface area contributed by atoms with Crippen molar-refractivity contribution < 1.29 is 14.3 Å². The number of nitrogens with two attached hydrogens (primary N) is 1. The molecule has 1 aromatic rings. The molecule has 0 unspecified atom stereocenters. The van der Waals surface area contributed by atoms with E-state index < -0.39 is 0 Å². The molecule has 0 spiro atoms. The van der Waals surface area contributed by atoms with Crippen molar-refractivity contribution in [2.24, 2.45) is 11.7 Å². The number of benzene rings is 1. The second-order valence-corrected chi connectivity index (χ2v) is 5.86. The van der Waals surface area contributed by atoms with Gasteiger partial charge in [-0.15, -0.1) is 0 Å². The standard InChI is InChI=1S/C17H27N3O3/c1-11(2)9-15(19-4)17(22)20-13-5-6-16(23-8-7-18)14(10-13)12(3)21/h5-6,10-11,15,19H,7-9,18H2,1-4H3,(H,20,22)/t15-/m0/s1. The van der Waals surface area contributed by atoms with Crippen LogP contribution in [0, 0.1) is 5.92 Å². The minimum absolute atomic E-state index is 0.119. The fourth-order valence-electron chi connectivity index (χ4n) is 2.23. The minimum Gasteiger partial charge on any atom is -0.492 e. The number of hydrogen-bond acceptors (Lipinski definition) is 5. The molecule has 0 fully saturated rings. The van der Waals surface area contributed by atoms with Gasteiger partial charge in [0.15, 0.2) is 5.78 Å². The molecule has 0 saturated heterocycles. The van der Waals surface area contributed by atoms with E-state index in [1.54, 1.807) is 25.2 Å². The average molecular weight is 321 g/mol. The van der Waals surface area contributed by atoms with Gasteiger partial charge in [0.2, 0.25) is 5.91 Å². The summed E-state index contributed by atoms with van der Waals surface area (Å²) in [6, 6.07) is 4.76. The molecular formula is C17H27N3O3. The molecule has 1 rings (SSSR count). The summed E-state index contributed by atoms with van der Waals surface area (Å²) in [5.74, 6) is 0.637. The van der Waals surface area contributed by atoms with Gasteiger partial charge >= 0.3 is 0 Å². The predicted octanol–water partition coefficient (Wildman–Crippen LogP) is 1.80. The Balaban J connectivity index is 2.90. The van der Waals surface area contributed by atoms with Crippen molar-refractivity contribution in [2.75, 3.05) is 25.5 Å². The van der Waals surface area contributed by atoms with Gasteiger partial charge < -0.3 is 21.1 Å². The Morgan fingerprint density at radius 1 is 1.30 bits per heavy atom. The Bertz CT molecular complexity index is 544. The van der Waals surface area contributed by atoms with Crippen molar-refractivity contribution in [3.63, 3.8) is 0 Å². The third kappa shape index (κ3) is 6.00. The van der Waals surface area contributed by atoms with E-state index in [0.717, 1.165) is 6.42 Å². The topological polar surface area (TPSA) is 93.4 Å². The van der Waals surface area contributed by atoms with Gasteiger partial charge in [-0.25, -0.2) is 0 Å². The van der Waals surface area contributed by atoms with Crippen LogP contribution in [0.5, 0.6) is 5.75 Å². The lowest BCUT2D eigenvalue weighted by atomic mass is 10.0. The maximum absolute atomic E-state index is 12.3. The smallest absolute Gasteiger partial charge is 0.241 e. The molecule has 4 N–H and O–H groups in total. The third-order valence-corrected chi connectivity index (χ3v) is 3.37. The number of carbonyl (C=O) groups excluding carboxylic acids is 2. The number of likely N-dealkylation sites (N-methyl/N-ethyl adjacent to an activating group) is 1.